The van der Waals surface area contributed by atoms with E-state index in [2.05, 4.69) is 33.0 Å². The quantitative estimate of drug-likeness (QED) is 0.645. The van der Waals surface area contributed by atoms with Crippen LogP contribution in [0.5, 0.6) is 0 Å². The van der Waals surface area contributed by atoms with Crippen LogP contribution in [0.2, 0.25) is 0 Å². The Morgan fingerprint density at radius 1 is 1.28 bits per heavy atom. The van der Waals surface area contributed by atoms with Gasteiger partial charge in [-0.25, -0.2) is 0 Å². The molecule has 1 aromatic carbocycles. The summed E-state index contributed by atoms with van der Waals surface area (Å²) in [6.07, 6.45) is 0.884. The number of benzene rings is 1. The van der Waals surface area contributed by atoms with Crippen molar-refractivity contribution < 1.29 is 4.92 Å². The molecule has 18 heavy (non-hydrogen) atoms. The second-order valence-corrected chi connectivity index (χ2v) is 5.60. The molecule has 1 atom stereocenters. The van der Waals surface area contributed by atoms with Crippen LogP contribution in [0.25, 0.3) is 0 Å². The minimum atomic E-state index is -0.366. The number of non-ortho nitro benzene ring substituents is 1. The number of nitrogens with zero attached hydrogens (tertiary/aromatic N) is 1. The van der Waals surface area contributed by atoms with Gasteiger partial charge in [0.05, 0.1) is 4.92 Å². The van der Waals surface area contributed by atoms with Gasteiger partial charge in [-0.15, -0.1) is 0 Å². The van der Waals surface area contributed by atoms with Crippen LogP contribution < -0.4 is 5.32 Å². The molecular formula is C14H22N2O2. The van der Waals surface area contributed by atoms with Crippen LogP contribution >= 0.6 is 0 Å². The number of nitro benzene ring substituents is 1. The molecule has 0 saturated heterocycles. The summed E-state index contributed by atoms with van der Waals surface area (Å²) in [5.41, 5.74) is 1.44. The zero-order valence-corrected chi connectivity index (χ0v) is 11.6. The maximum atomic E-state index is 10.6. The fourth-order valence-electron chi connectivity index (χ4n) is 1.92. The van der Waals surface area contributed by atoms with Crippen molar-refractivity contribution in [2.45, 2.75) is 40.2 Å². The van der Waals surface area contributed by atoms with Gasteiger partial charge in [-0.3, -0.25) is 10.1 Å². The summed E-state index contributed by atoms with van der Waals surface area (Å²) in [4.78, 5) is 10.2. The molecule has 0 aliphatic rings. The van der Waals surface area contributed by atoms with Gasteiger partial charge in [-0.05, 0) is 23.9 Å². The Labute approximate surface area is 109 Å². The third-order valence-electron chi connectivity index (χ3n) is 3.08. The summed E-state index contributed by atoms with van der Waals surface area (Å²) in [6.45, 7) is 9.62. The minimum absolute atomic E-state index is 0.148. The van der Waals surface area contributed by atoms with E-state index in [0.29, 0.717) is 6.04 Å². The summed E-state index contributed by atoms with van der Waals surface area (Å²) in [6, 6.07) is 7.19. The maximum absolute atomic E-state index is 10.6. The Kier molecular flexibility index (Phi) is 4.84. The molecule has 0 bridgehead atoms. The molecule has 0 aromatic heterocycles. The smallest absolute Gasteiger partial charge is 0.269 e. The Morgan fingerprint density at radius 2 is 1.83 bits per heavy atom. The van der Waals surface area contributed by atoms with Crippen LogP contribution in [-0.2, 0) is 6.42 Å². The molecule has 1 rings (SSSR count). The van der Waals surface area contributed by atoms with E-state index in [0.717, 1.165) is 18.5 Å². The maximum Gasteiger partial charge on any atom is 0.269 e. The molecule has 0 radical (unpaired) electrons. The van der Waals surface area contributed by atoms with Crippen LogP contribution in [0.3, 0.4) is 0 Å². The zero-order valence-electron chi connectivity index (χ0n) is 11.6. The number of rotatable bonds is 5. The first-order valence-corrected chi connectivity index (χ1v) is 6.31. The van der Waals surface area contributed by atoms with Crippen molar-refractivity contribution in [3.8, 4) is 0 Å². The first-order valence-electron chi connectivity index (χ1n) is 6.31. The van der Waals surface area contributed by atoms with Crippen LogP contribution in [0, 0.1) is 15.5 Å². The summed E-state index contributed by atoms with van der Waals surface area (Å²) >= 11 is 0. The number of hydrogen-bond donors (Lipinski definition) is 1. The average molecular weight is 250 g/mol. The molecular weight excluding hydrogens is 228 g/mol. The van der Waals surface area contributed by atoms with Gasteiger partial charge in [-0.1, -0.05) is 39.8 Å². The SMILES string of the molecule is CCNC(Cc1ccc([N+](=O)[O-])cc1)C(C)(C)C. The molecule has 0 aliphatic carbocycles. The lowest BCUT2D eigenvalue weighted by Crippen LogP contribution is -2.41. The minimum Gasteiger partial charge on any atom is -0.313 e. The first-order chi connectivity index (χ1) is 8.34. The van der Waals surface area contributed by atoms with Gasteiger partial charge in [-0.2, -0.15) is 0 Å². The summed E-state index contributed by atoms with van der Waals surface area (Å²) < 4.78 is 0. The van der Waals surface area contributed by atoms with Crippen molar-refractivity contribution in [3.05, 3.63) is 39.9 Å². The van der Waals surface area contributed by atoms with Crippen LogP contribution in [-0.4, -0.2) is 17.5 Å². The number of likely N-dealkylation sites (N-methyl/N-ethyl adjacent to an activating group) is 1. The Morgan fingerprint density at radius 3 is 2.22 bits per heavy atom. The Hall–Kier alpha value is -1.42. The highest BCUT2D eigenvalue weighted by Gasteiger charge is 2.23. The standard InChI is InChI=1S/C14H22N2O2/c1-5-15-13(14(2,3)4)10-11-6-8-12(9-7-11)16(17)18/h6-9,13,15H,5,10H2,1-4H3. The normalized spacial score (nSPS) is 13.3. The second kappa shape index (κ2) is 5.96. The van der Waals surface area contributed by atoms with Gasteiger partial charge in [0.1, 0.15) is 0 Å². The van der Waals surface area contributed by atoms with Gasteiger partial charge in [0, 0.05) is 18.2 Å². The van der Waals surface area contributed by atoms with Crippen LogP contribution in [0.15, 0.2) is 24.3 Å². The predicted molar refractivity (Wildman–Crippen MR) is 73.7 cm³/mol. The highest BCUT2D eigenvalue weighted by molar-refractivity contribution is 5.33. The highest BCUT2D eigenvalue weighted by Crippen LogP contribution is 2.23. The number of nitrogens with one attached hydrogen (secondary N) is 1. The molecule has 1 aromatic rings. The van der Waals surface area contributed by atoms with Crippen molar-refractivity contribution in [1.82, 2.24) is 5.32 Å². The highest BCUT2D eigenvalue weighted by atomic mass is 16.6. The third-order valence-corrected chi connectivity index (χ3v) is 3.08. The molecule has 4 heteroatoms. The molecule has 1 unspecified atom stereocenters. The average Bonchev–Trinajstić information content (AvgIpc) is 2.28. The fraction of sp³-hybridized carbons (Fsp3) is 0.571. The van der Waals surface area contributed by atoms with E-state index in [4.69, 9.17) is 0 Å². The second-order valence-electron chi connectivity index (χ2n) is 5.60. The van der Waals surface area contributed by atoms with Gasteiger partial charge in [0.25, 0.3) is 5.69 Å². The summed E-state index contributed by atoms with van der Waals surface area (Å²) in [7, 11) is 0. The van der Waals surface area contributed by atoms with E-state index < -0.39 is 0 Å². The molecule has 0 spiro atoms. The monoisotopic (exact) mass is 250 g/mol. The first kappa shape index (κ1) is 14.6. The van der Waals surface area contributed by atoms with Gasteiger partial charge >= 0.3 is 0 Å². The van der Waals surface area contributed by atoms with Crippen molar-refractivity contribution in [2.75, 3.05) is 6.54 Å². The fourth-order valence-corrected chi connectivity index (χ4v) is 1.92. The summed E-state index contributed by atoms with van der Waals surface area (Å²) in [5, 5.41) is 14.1. The van der Waals surface area contributed by atoms with E-state index in [1.165, 1.54) is 0 Å². The molecule has 1 N–H and O–H groups in total. The van der Waals surface area contributed by atoms with Gasteiger partial charge < -0.3 is 5.32 Å². The van der Waals surface area contributed by atoms with Crippen molar-refractivity contribution in [2.24, 2.45) is 5.41 Å². The Balaban J connectivity index is 2.78. The summed E-state index contributed by atoms with van der Waals surface area (Å²) in [5.74, 6) is 0. The van der Waals surface area contributed by atoms with Crippen molar-refractivity contribution >= 4 is 5.69 Å². The molecule has 4 nitrogen and oxygen atoms in total. The van der Waals surface area contributed by atoms with Crippen LogP contribution in [0.4, 0.5) is 5.69 Å². The molecule has 0 saturated carbocycles. The largest absolute Gasteiger partial charge is 0.313 e. The predicted octanol–water partition coefficient (Wildman–Crippen LogP) is 3.16. The molecule has 0 fully saturated rings. The van der Waals surface area contributed by atoms with Gasteiger partial charge in [0.15, 0.2) is 0 Å². The Bertz CT molecular complexity index is 393. The third kappa shape index (κ3) is 4.11. The topological polar surface area (TPSA) is 55.2 Å². The zero-order chi connectivity index (χ0) is 13.8. The van der Waals surface area contributed by atoms with E-state index in [1.54, 1.807) is 12.1 Å². The lowest BCUT2D eigenvalue weighted by atomic mass is 9.83. The lowest BCUT2D eigenvalue weighted by molar-refractivity contribution is -0.384. The van der Waals surface area contributed by atoms with Crippen molar-refractivity contribution in [1.29, 1.82) is 0 Å². The van der Waals surface area contributed by atoms with E-state index in [9.17, 15) is 10.1 Å². The molecule has 0 heterocycles. The van der Waals surface area contributed by atoms with E-state index in [-0.39, 0.29) is 16.0 Å². The number of hydrogen-bond acceptors (Lipinski definition) is 3. The van der Waals surface area contributed by atoms with Crippen LogP contribution in [0.1, 0.15) is 33.3 Å². The van der Waals surface area contributed by atoms with E-state index in [1.807, 2.05) is 12.1 Å². The van der Waals surface area contributed by atoms with E-state index >= 15 is 0 Å². The molecule has 100 valence electrons. The van der Waals surface area contributed by atoms with Gasteiger partial charge in [0.2, 0.25) is 0 Å². The lowest BCUT2D eigenvalue weighted by Gasteiger charge is -2.31. The molecule has 0 amide bonds. The molecule has 0 aliphatic heterocycles. The number of nitro groups is 1. The van der Waals surface area contributed by atoms with Crippen molar-refractivity contribution in [3.63, 3.8) is 0 Å².